The number of hydrogen-bond donors (Lipinski definition) is 1. The largest absolute Gasteiger partial charge is 0.507 e. The Morgan fingerprint density at radius 3 is 2.71 bits per heavy atom. The van der Waals surface area contributed by atoms with Crippen molar-refractivity contribution in [3.63, 3.8) is 0 Å². The number of methoxy groups -OCH3 is 1. The fraction of sp³-hybridized carbons (Fsp3) is 0.333. The van der Waals surface area contributed by atoms with Crippen molar-refractivity contribution in [1.29, 1.82) is 0 Å². The minimum absolute atomic E-state index is 0.105. The topological polar surface area (TPSA) is 79.3 Å². The number of likely N-dealkylation sites (tertiary alicyclic amines) is 1. The summed E-state index contributed by atoms with van der Waals surface area (Å²) in [5, 5.41) is 11.2. The van der Waals surface area contributed by atoms with E-state index in [9.17, 15) is 14.7 Å². The maximum atomic E-state index is 13.0. The highest BCUT2D eigenvalue weighted by atomic mass is 16.5. The number of carbonyl (C=O) groups excluding carboxylic acids is 2. The number of ether oxygens (including phenoxy) is 2. The lowest BCUT2D eigenvalue weighted by atomic mass is 9.95. The van der Waals surface area contributed by atoms with E-state index < -0.39 is 17.7 Å². The highest BCUT2D eigenvalue weighted by Gasteiger charge is 2.45. The highest BCUT2D eigenvalue weighted by molar-refractivity contribution is 6.46. The number of nitrogens with zero attached hydrogens (tertiary/aromatic N) is 2. The molecule has 0 saturated carbocycles. The molecule has 1 amide bonds. The lowest BCUT2D eigenvalue weighted by molar-refractivity contribution is -0.140. The van der Waals surface area contributed by atoms with Gasteiger partial charge in [-0.15, -0.1) is 0 Å². The Morgan fingerprint density at radius 1 is 1.19 bits per heavy atom. The van der Waals surface area contributed by atoms with E-state index in [1.165, 1.54) is 4.90 Å². The number of aliphatic hydroxyl groups is 1. The summed E-state index contributed by atoms with van der Waals surface area (Å²) < 4.78 is 10.8. The lowest BCUT2D eigenvalue weighted by Gasteiger charge is -2.28. The zero-order valence-corrected chi connectivity index (χ0v) is 17.7. The van der Waals surface area contributed by atoms with Crippen molar-refractivity contribution >= 4 is 23.1 Å². The second-order valence-electron chi connectivity index (χ2n) is 7.70. The summed E-state index contributed by atoms with van der Waals surface area (Å²) in [6, 6.07) is 14.0. The summed E-state index contributed by atoms with van der Waals surface area (Å²) in [7, 11) is 3.55. The number of likely N-dealkylation sites (N-methyl/N-ethyl adjacent to an activating group) is 1. The third-order valence-corrected chi connectivity index (χ3v) is 5.73. The van der Waals surface area contributed by atoms with Crippen LogP contribution in [0.2, 0.25) is 0 Å². The molecule has 31 heavy (non-hydrogen) atoms. The number of benzene rings is 2. The van der Waals surface area contributed by atoms with Crippen LogP contribution in [-0.4, -0.2) is 62.2 Å². The van der Waals surface area contributed by atoms with E-state index in [4.69, 9.17) is 9.47 Å². The molecule has 2 aliphatic heterocycles. The monoisotopic (exact) mass is 422 g/mol. The number of carbonyl (C=O) groups is 2. The van der Waals surface area contributed by atoms with Gasteiger partial charge in [-0.1, -0.05) is 30.3 Å². The summed E-state index contributed by atoms with van der Waals surface area (Å²) in [6.07, 6.45) is 0.591. The van der Waals surface area contributed by atoms with Gasteiger partial charge in [0.25, 0.3) is 11.7 Å². The molecule has 4 rings (SSSR count). The molecule has 0 bridgehead atoms. The quantitative estimate of drug-likeness (QED) is 0.334. The summed E-state index contributed by atoms with van der Waals surface area (Å²) in [6.45, 7) is 2.15. The van der Waals surface area contributed by atoms with Crippen molar-refractivity contribution in [3.05, 3.63) is 65.2 Å². The fourth-order valence-electron chi connectivity index (χ4n) is 4.13. The second-order valence-corrected chi connectivity index (χ2v) is 7.70. The van der Waals surface area contributed by atoms with Gasteiger partial charge in [-0.2, -0.15) is 0 Å². The van der Waals surface area contributed by atoms with Crippen molar-refractivity contribution in [2.45, 2.75) is 12.5 Å². The minimum atomic E-state index is -0.675. The Hall–Kier alpha value is -3.32. The minimum Gasteiger partial charge on any atom is -0.507 e. The zero-order valence-electron chi connectivity index (χ0n) is 17.7. The molecule has 7 heteroatoms. The molecular weight excluding hydrogens is 396 g/mol. The number of rotatable bonds is 6. The molecule has 7 nitrogen and oxygen atoms in total. The maximum absolute atomic E-state index is 13.0. The van der Waals surface area contributed by atoms with Crippen LogP contribution in [0.4, 0.5) is 5.69 Å². The maximum Gasteiger partial charge on any atom is 0.295 e. The number of hydrogen-bond acceptors (Lipinski definition) is 6. The molecule has 1 saturated heterocycles. The molecule has 1 fully saturated rings. The van der Waals surface area contributed by atoms with E-state index >= 15 is 0 Å². The standard InChI is InChI=1S/C24H26N2O5/c1-25-12-14-31-19-10-9-17(15-18(19)25)22(27)20-21(16-7-4-3-5-8-16)26(11-6-13-30-2)24(29)23(20)28/h3-5,7-10,15,21,27H,6,11-14H2,1-2H3/b22-20-. The molecule has 2 heterocycles. The van der Waals surface area contributed by atoms with E-state index in [0.29, 0.717) is 31.7 Å². The summed E-state index contributed by atoms with van der Waals surface area (Å²) >= 11 is 0. The first-order valence-electron chi connectivity index (χ1n) is 10.3. The Kier molecular flexibility index (Phi) is 5.95. The van der Waals surface area contributed by atoms with E-state index in [0.717, 1.165) is 23.5 Å². The number of anilines is 1. The van der Waals surface area contributed by atoms with Crippen LogP contribution in [0.1, 0.15) is 23.6 Å². The van der Waals surface area contributed by atoms with Gasteiger partial charge in [-0.25, -0.2) is 0 Å². The van der Waals surface area contributed by atoms with Gasteiger partial charge in [0.15, 0.2) is 0 Å². The second kappa shape index (κ2) is 8.81. The Labute approximate surface area is 181 Å². The Morgan fingerprint density at radius 2 is 1.97 bits per heavy atom. The number of amides is 1. The van der Waals surface area contributed by atoms with Gasteiger partial charge in [0, 0.05) is 32.9 Å². The molecule has 2 aromatic rings. The Balaban J connectivity index is 1.80. The fourth-order valence-corrected chi connectivity index (χ4v) is 4.13. The van der Waals surface area contributed by atoms with E-state index in [1.807, 2.05) is 42.3 Å². The SMILES string of the molecule is COCCCN1C(=O)C(=O)/C(=C(\O)c2ccc3c(c2)N(C)CCO3)C1c1ccccc1. The first-order valence-corrected chi connectivity index (χ1v) is 10.3. The van der Waals surface area contributed by atoms with Crippen molar-refractivity contribution < 1.29 is 24.2 Å². The van der Waals surface area contributed by atoms with Crippen LogP contribution < -0.4 is 9.64 Å². The number of aliphatic hydroxyl groups excluding tert-OH is 1. The van der Waals surface area contributed by atoms with Crippen LogP contribution in [0.3, 0.4) is 0 Å². The van der Waals surface area contributed by atoms with E-state index in [2.05, 4.69) is 0 Å². The molecule has 0 aliphatic carbocycles. The highest BCUT2D eigenvalue weighted by Crippen LogP contribution is 2.41. The molecule has 0 aromatic heterocycles. The summed E-state index contributed by atoms with van der Waals surface area (Å²) in [5.74, 6) is -0.732. The van der Waals surface area contributed by atoms with Gasteiger partial charge < -0.3 is 24.4 Å². The number of ketones is 1. The smallest absolute Gasteiger partial charge is 0.295 e. The molecular formula is C24H26N2O5. The molecule has 2 aliphatic rings. The summed E-state index contributed by atoms with van der Waals surface area (Å²) in [4.78, 5) is 29.5. The lowest BCUT2D eigenvalue weighted by Crippen LogP contribution is -2.31. The zero-order chi connectivity index (χ0) is 22.0. The average molecular weight is 422 g/mol. The van der Waals surface area contributed by atoms with Crippen molar-refractivity contribution in [2.75, 3.05) is 45.4 Å². The molecule has 1 atom stereocenters. The van der Waals surface area contributed by atoms with Gasteiger partial charge in [-0.05, 0) is 30.2 Å². The van der Waals surface area contributed by atoms with Gasteiger partial charge in [0.1, 0.15) is 18.1 Å². The van der Waals surface area contributed by atoms with E-state index in [-0.39, 0.29) is 11.3 Å². The molecule has 1 unspecified atom stereocenters. The van der Waals surface area contributed by atoms with Crippen molar-refractivity contribution in [1.82, 2.24) is 4.90 Å². The molecule has 1 N–H and O–H groups in total. The van der Waals surface area contributed by atoms with Crippen LogP contribution >= 0.6 is 0 Å². The molecule has 2 aromatic carbocycles. The van der Waals surface area contributed by atoms with Gasteiger partial charge in [0.2, 0.25) is 0 Å². The van der Waals surface area contributed by atoms with Gasteiger partial charge in [0.05, 0.1) is 23.8 Å². The summed E-state index contributed by atoms with van der Waals surface area (Å²) in [5.41, 5.74) is 2.19. The van der Waals surface area contributed by atoms with Gasteiger partial charge >= 0.3 is 0 Å². The number of Topliss-reactive ketones (excluding diaryl/α,β-unsaturated/α-hetero) is 1. The van der Waals surface area contributed by atoms with Gasteiger partial charge in [-0.3, -0.25) is 9.59 Å². The van der Waals surface area contributed by atoms with Crippen LogP contribution in [0.25, 0.3) is 5.76 Å². The van der Waals surface area contributed by atoms with Crippen LogP contribution in [0.15, 0.2) is 54.1 Å². The third kappa shape index (κ3) is 3.88. The number of fused-ring (bicyclic) bond motifs is 1. The predicted molar refractivity (Wildman–Crippen MR) is 117 cm³/mol. The van der Waals surface area contributed by atoms with Crippen LogP contribution in [0, 0.1) is 0 Å². The molecule has 0 radical (unpaired) electrons. The van der Waals surface area contributed by atoms with Crippen LogP contribution in [0.5, 0.6) is 5.75 Å². The van der Waals surface area contributed by atoms with E-state index in [1.54, 1.807) is 25.3 Å². The van der Waals surface area contributed by atoms with Crippen LogP contribution in [-0.2, 0) is 14.3 Å². The predicted octanol–water partition coefficient (Wildman–Crippen LogP) is 2.97. The van der Waals surface area contributed by atoms with Crippen molar-refractivity contribution in [2.24, 2.45) is 0 Å². The molecule has 162 valence electrons. The molecule has 0 spiro atoms. The first kappa shape index (κ1) is 20.9. The normalized spacial score (nSPS) is 20.0. The van der Waals surface area contributed by atoms with Crippen molar-refractivity contribution in [3.8, 4) is 5.75 Å². The average Bonchev–Trinajstić information content (AvgIpc) is 3.04. The Bertz CT molecular complexity index is 1020. The first-order chi connectivity index (χ1) is 15.0. The third-order valence-electron chi connectivity index (χ3n) is 5.73.